The largest absolute Gasteiger partial charge is 0.474 e. The Balaban J connectivity index is 1.67. The molecule has 0 aromatic carbocycles. The van der Waals surface area contributed by atoms with Crippen LogP contribution in [0.1, 0.15) is 49.9 Å². The summed E-state index contributed by atoms with van der Waals surface area (Å²) in [5, 5.41) is 4.43. The molecule has 29 heavy (non-hydrogen) atoms. The van der Waals surface area contributed by atoms with E-state index >= 15 is 0 Å². The number of nitrogens with zero attached hydrogens (tertiary/aromatic N) is 3. The van der Waals surface area contributed by atoms with Gasteiger partial charge in [0.05, 0.1) is 24.1 Å². The van der Waals surface area contributed by atoms with E-state index in [1.165, 1.54) is 12.0 Å². The molecule has 158 valence electrons. The van der Waals surface area contributed by atoms with E-state index in [0.29, 0.717) is 24.3 Å². The van der Waals surface area contributed by atoms with Crippen LogP contribution in [0.5, 0.6) is 5.88 Å². The Bertz CT molecular complexity index is 804. The first kappa shape index (κ1) is 20.4. The summed E-state index contributed by atoms with van der Waals surface area (Å²) in [6.45, 7) is 6.40. The summed E-state index contributed by atoms with van der Waals surface area (Å²) in [6.07, 6.45) is 8.94. The second kappa shape index (κ2) is 9.78. The number of aromatic nitrogens is 3. The zero-order chi connectivity index (χ0) is 20.1. The summed E-state index contributed by atoms with van der Waals surface area (Å²) in [5.74, 6) is 2.30. The molecular formula is C22H32N4O3. The van der Waals surface area contributed by atoms with Gasteiger partial charge in [0.15, 0.2) is 0 Å². The molecule has 0 spiro atoms. The lowest BCUT2D eigenvalue weighted by Gasteiger charge is -2.26. The SMILES string of the molecule is COC[C@H](C)Cc1ncc2c(OC3CCOCC3)ncc([C@@H]3CCCNC3)c2n1. The molecule has 7 nitrogen and oxygen atoms in total. The van der Waals surface area contributed by atoms with Crippen molar-refractivity contribution < 1.29 is 14.2 Å². The van der Waals surface area contributed by atoms with Gasteiger partial charge in [-0.3, -0.25) is 0 Å². The first-order chi connectivity index (χ1) is 14.2. The molecule has 2 aromatic rings. The highest BCUT2D eigenvalue weighted by atomic mass is 16.5. The molecule has 2 fully saturated rings. The number of methoxy groups -OCH3 is 1. The van der Waals surface area contributed by atoms with Crippen molar-refractivity contribution in [3.63, 3.8) is 0 Å². The predicted octanol–water partition coefficient (Wildman–Crippen LogP) is 2.87. The van der Waals surface area contributed by atoms with Crippen molar-refractivity contribution in [1.82, 2.24) is 20.3 Å². The van der Waals surface area contributed by atoms with E-state index in [0.717, 1.165) is 68.7 Å². The van der Waals surface area contributed by atoms with Gasteiger partial charge in [-0.1, -0.05) is 6.92 Å². The number of ether oxygens (including phenoxy) is 3. The molecule has 7 heteroatoms. The Morgan fingerprint density at radius 3 is 2.83 bits per heavy atom. The van der Waals surface area contributed by atoms with Crippen molar-refractivity contribution >= 4 is 10.9 Å². The van der Waals surface area contributed by atoms with Crippen molar-refractivity contribution in [2.75, 3.05) is 40.0 Å². The van der Waals surface area contributed by atoms with Crippen LogP contribution in [-0.4, -0.2) is 61.1 Å². The first-order valence-corrected chi connectivity index (χ1v) is 10.8. The van der Waals surface area contributed by atoms with Gasteiger partial charge in [-0.05, 0) is 25.3 Å². The predicted molar refractivity (Wildman–Crippen MR) is 111 cm³/mol. The molecule has 0 radical (unpaired) electrons. The number of hydrogen-bond donors (Lipinski definition) is 1. The lowest BCUT2D eigenvalue weighted by molar-refractivity contribution is 0.0244. The van der Waals surface area contributed by atoms with Crippen LogP contribution in [0, 0.1) is 5.92 Å². The minimum absolute atomic E-state index is 0.142. The summed E-state index contributed by atoms with van der Waals surface area (Å²) >= 11 is 0. The molecule has 0 aliphatic carbocycles. The van der Waals surface area contributed by atoms with Gasteiger partial charge < -0.3 is 19.5 Å². The molecule has 0 unspecified atom stereocenters. The van der Waals surface area contributed by atoms with Gasteiger partial charge in [-0.15, -0.1) is 0 Å². The maximum atomic E-state index is 6.26. The van der Waals surface area contributed by atoms with Gasteiger partial charge >= 0.3 is 0 Å². The quantitative estimate of drug-likeness (QED) is 0.766. The van der Waals surface area contributed by atoms with Crippen molar-refractivity contribution in [2.24, 2.45) is 5.92 Å². The molecular weight excluding hydrogens is 368 g/mol. The number of nitrogens with one attached hydrogen (secondary N) is 1. The van der Waals surface area contributed by atoms with E-state index in [9.17, 15) is 0 Å². The summed E-state index contributed by atoms with van der Waals surface area (Å²) in [6, 6.07) is 0. The smallest absolute Gasteiger partial charge is 0.224 e. The fourth-order valence-corrected chi connectivity index (χ4v) is 4.27. The van der Waals surface area contributed by atoms with Crippen molar-refractivity contribution in [3.05, 3.63) is 23.8 Å². The van der Waals surface area contributed by atoms with Gasteiger partial charge in [-0.25, -0.2) is 15.0 Å². The second-order valence-corrected chi connectivity index (χ2v) is 8.30. The third kappa shape index (κ3) is 5.02. The van der Waals surface area contributed by atoms with Gasteiger partial charge in [-0.2, -0.15) is 0 Å². The van der Waals surface area contributed by atoms with Gasteiger partial charge in [0.1, 0.15) is 11.9 Å². The summed E-state index contributed by atoms with van der Waals surface area (Å²) in [5.41, 5.74) is 2.19. The third-order valence-electron chi connectivity index (χ3n) is 5.83. The van der Waals surface area contributed by atoms with E-state index in [4.69, 9.17) is 24.2 Å². The number of hydrogen-bond acceptors (Lipinski definition) is 7. The Morgan fingerprint density at radius 2 is 2.07 bits per heavy atom. The highest BCUT2D eigenvalue weighted by molar-refractivity contribution is 5.85. The number of rotatable bonds is 7. The minimum atomic E-state index is 0.142. The van der Waals surface area contributed by atoms with Crippen LogP contribution in [-0.2, 0) is 15.9 Å². The van der Waals surface area contributed by atoms with E-state index in [1.54, 1.807) is 7.11 Å². The summed E-state index contributed by atoms with van der Waals surface area (Å²) in [4.78, 5) is 14.3. The van der Waals surface area contributed by atoms with E-state index in [1.807, 2.05) is 12.4 Å². The van der Waals surface area contributed by atoms with Crippen molar-refractivity contribution in [3.8, 4) is 5.88 Å². The Hall–Kier alpha value is -1.83. The summed E-state index contributed by atoms with van der Waals surface area (Å²) in [7, 11) is 1.73. The molecule has 2 aliphatic rings. The van der Waals surface area contributed by atoms with Crippen LogP contribution >= 0.6 is 0 Å². The number of pyridine rings is 1. The molecule has 2 saturated heterocycles. The molecule has 1 N–H and O–H groups in total. The Labute approximate surface area is 172 Å². The van der Waals surface area contributed by atoms with Crippen molar-refractivity contribution in [1.29, 1.82) is 0 Å². The third-order valence-corrected chi connectivity index (χ3v) is 5.83. The Morgan fingerprint density at radius 1 is 1.21 bits per heavy atom. The molecule has 0 amide bonds. The average Bonchev–Trinajstić information content (AvgIpc) is 2.75. The second-order valence-electron chi connectivity index (χ2n) is 8.30. The normalized spacial score (nSPS) is 21.9. The topological polar surface area (TPSA) is 78.4 Å². The highest BCUT2D eigenvalue weighted by Gasteiger charge is 2.23. The van der Waals surface area contributed by atoms with Gasteiger partial charge in [0, 0.05) is 63.4 Å². The maximum Gasteiger partial charge on any atom is 0.224 e. The van der Waals surface area contributed by atoms with Crippen LogP contribution in [0.2, 0.25) is 0 Å². The fraction of sp³-hybridized carbons (Fsp3) is 0.682. The number of piperidine rings is 1. The standard InChI is InChI=1S/C22H32N4O3/c1-15(14-27-2)10-20-24-13-19-21(26-20)18(16-4-3-7-23-11-16)12-25-22(19)29-17-5-8-28-9-6-17/h12-13,15-17,23H,3-11,14H2,1-2H3/t15-,16-/m1/s1. The average molecular weight is 401 g/mol. The van der Waals surface area contributed by atoms with Gasteiger partial charge in [0.25, 0.3) is 0 Å². The van der Waals surface area contributed by atoms with Crippen LogP contribution < -0.4 is 10.1 Å². The van der Waals surface area contributed by atoms with Crippen molar-refractivity contribution in [2.45, 2.75) is 51.0 Å². The lowest BCUT2D eigenvalue weighted by Crippen LogP contribution is -2.29. The van der Waals surface area contributed by atoms with E-state index in [-0.39, 0.29) is 6.10 Å². The molecule has 0 saturated carbocycles. The van der Waals surface area contributed by atoms with Crippen LogP contribution in [0.15, 0.2) is 12.4 Å². The molecule has 0 bridgehead atoms. The highest BCUT2D eigenvalue weighted by Crippen LogP contribution is 2.33. The van der Waals surface area contributed by atoms with Crippen LogP contribution in [0.4, 0.5) is 0 Å². The van der Waals surface area contributed by atoms with E-state index < -0.39 is 0 Å². The Kier molecular flexibility index (Phi) is 6.90. The zero-order valence-electron chi connectivity index (χ0n) is 17.5. The summed E-state index contributed by atoms with van der Waals surface area (Å²) < 4.78 is 17.0. The fourth-order valence-electron chi connectivity index (χ4n) is 4.27. The van der Waals surface area contributed by atoms with Crippen LogP contribution in [0.25, 0.3) is 10.9 Å². The lowest BCUT2D eigenvalue weighted by atomic mass is 9.91. The maximum absolute atomic E-state index is 6.26. The molecule has 2 atom stereocenters. The molecule has 2 aliphatic heterocycles. The monoisotopic (exact) mass is 400 g/mol. The zero-order valence-corrected chi connectivity index (χ0v) is 17.5. The van der Waals surface area contributed by atoms with Crippen LogP contribution in [0.3, 0.4) is 0 Å². The first-order valence-electron chi connectivity index (χ1n) is 10.8. The molecule has 4 rings (SSSR count). The number of fused-ring (bicyclic) bond motifs is 1. The van der Waals surface area contributed by atoms with E-state index in [2.05, 4.69) is 17.2 Å². The molecule has 4 heterocycles. The minimum Gasteiger partial charge on any atom is -0.474 e. The molecule has 2 aromatic heterocycles. The van der Waals surface area contributed by atoms with Gasteiger partial charge in [0.2, 0.25) is 5.88 Å².